The molecule has 0 unspecified atom stereocenters. The molecule has 3 aromatic carbocycles. The number of piperidine rings is 1. The standard InChI is InChI=1S/C29H30Cl2N4O3S/c30-23-16-26(33-15-14-32-13-7-6-11-24(32)20-33)28-27(17-23)34(18-21-8-2-1-3-9-21)29(36)35(39(28,37)38)19-22-10-4-5-12-25(22)31/h1-5,8-10,12,16-17,24H,6-7,11,13-15,18-20H2/t24-/m1/s1. The summed E-state index contributed by atoms with van der Waals surface area (Å²) in [4.78, 5) is 20.3. The van der Waals surface area contributed by atoms with Crippen molar-refractivity contribution in [1.29, 1.82) is 0 Å². The normalized spacial score (nSPS) is 21.0. The Balaban J connectivity index is 1.48. The second-order valence-corrected chi connectivity index (χ2v) is 13.0. The number of hydrogen-bond acceptors (Lipinski definition) is 5. The van der Waals surface area contributed by atoms with Gasteiger partial charge in [0, 0.05) is 35.7 Å². The van der Waals surface area contributed by atoms with Crippen molar-refractivity contribution in [2.24, 2.45) is 0 Å². The highest BCUT2D eigenvalue weighted by atomic mass is 35.5. The van der Waals surface area contributed by atoms with E-state index in [2.05, 4.69) is 9.80 Å². The summed E-state index contributed by atoms with van der Waals surface area (Å²) < 4.78 is 29.6. The molecule has 1 atom stereocenters. The smallest absolute Gasteiger partial charge is 0.339 e. The Kier molecular flexibility index (Phi) is 7.22. The van der Waals surface area contributed by atoms with Gasteiger partial charge in [-0.05, 0) is 48.7 Å². The SMILES string of the molecule is O=C1N(Cc2ccccc2)c2cc(Cl)cc(N3CCN4CCCC[C@@H]4C3)c2S(=O)(=O)N1Cc1ccccc1Cl. The van der Waals surface area contributed by atoms with Gasteiger partial charge in [-0.15, -0.1) is 0 Å². The van der Waals surface area contributed by atoms with Crippen molar-refractivity contribution in [2.45, 2.75) is 43.3 Å². The predicted octanol–water partition coefficient (Wildman–Crippen LogP) is 6.00. The Bertz CT molecular complexity index is 1500. The first-order valence-electron chi connectivity index (χ1n) is 13.3. The van der Waals surface area contributed by atoms with Crippen LogP contribution in [-0.4, -0.2) is 55.9 Å². The summed E-state index contributed by atoms with van der Waals surface area (Å²) in [5, 5.41) is 0.807. The van der Waals surface area contributed by atoms with E-state index in [0.29, 0.717) is 39.6 Å². The summed E-state index contributed by atoms with van der Waals surface area (Å²) in [7, 11) is -4.23. The maximum atomic E-state index is 14.3. The van der Waals surface area contributed by atoms with Crippen molar-refractivity contribution >= 4 is 50.6 Å². The molecule has 2 amide bonds. The number of carbonyl (C=O) groups excluding carboxylic acids is 1. The number of sulfonamides is 1. The number of amides is 2. The van der Waals surface area contributed by atoms with Gasteiger partial charge in [0.05, 0.1) is 24.5 Å². The number of piperazine rings is 1. The summed E-state index contributed by atoms with van der Waals surface area (Å²) in [6, 6.07) is 19.6. The second kappa shape index (κ2) is 10.7. The fourth-order valence-electron chi connectivity index (χ4n) is 5.94. The van der Waals surface area contributed by atoms with E-state index in [1.807, 2.05) is 30.3 Å². The number of nitrogens with zero attached hydrogens (tertiary/aromatic N) is 4. The van der Waals surface area contributed by atoms with Gasteiger partial charge in [0.15, 0.2) is 0 Å². The number of rotatable bonds is 5. The first-order chi connectivity index (χ1) is 18.8. The van der Waals surface area contributed by atoms with Crippen molar-refractivity contribution in [3.8, 4) is 0 Å². The molecule has 7 nitrogen and oxygen atoms in total. The molecular weight excluding hydrogens is 555 g/mol. The molecule has 2 saturated heterocycles. The quantitative estimate of drug-likeness (QED) is 0.368. The molecule has 0 bridgehead atoms. The van der Waals surface area contributed by atoms with Crippen LogP contribution in [0.1, 0.15) is 30.4 Å². The largest absolute Gasteiger partial charge is 0.367 e. The van der Waals surface area contributed by atoms with Gasteiger partial charge in [-0.2, -0.15) is 0 Å². The number of anilines is 2. The van der Waals surface area contributed by atoms with E-state index in [-0.39, 0.29) is 18.0 Å². The van der Waals surface area contributed by atoms with Gasteiger partial charge < -0.3 is 4.90 Å². The average Bonchev–Trinajstić information content (AvgIpc) is 2.94. The van der Waals surface area contributed by atoms with Crippen molar-refractivity contribution in [3.63, 3.8) is 0 Å². The minimum absolute atomic E-state index is 0.124. The molecule has 0 radical (unpaired) electrons. The molecule has 39 heavy (non-hydrogen) atoms. The Hall–Kier alpha value is -2.78. The minimum atomic E-state index is -4.23. The van der Waals surface area contributed by atoms with Crippen LogP contribution in [0.2, 0.25) is 10.0 Å². The number of benzene rings is 3. The molecule has 0 N–H and O–H groups in total. The fraction of sp³-hybridized carbons (Fsp3) is 0.345. The topological polar surface area (TPSA) is 64.2 Å². The highest BCUT2D eigenvalue weighted by Crippen LogP contribution is 2.45. The van der Waals surface area contributed by atoms with Gasteiger partial charge in [0.1, 0.15) is 4.90 Å². The maximum Gasteiger partial charge on any atom is 0.339 e. The number of halogens is 2. The first kappa shape index (κ1) is 26.4. The molecule has 6 rings (SSSR count). The van der Waals surface area contributed by atoms with Crippen LogP contribution in [-0.2, 0) is 23.1 Å². The number of fused-ring (bicyclic) bond motifs is 2. The third-order valence-corrected chi connectivity index (χ3v) is 10.3. The van der Waals surface area contributed by atoms with Gasteiger partial charge in [0.2, 0.25) is 0 Å². The van der Waals surface area contributed by atoms with Crippen LogP contribution in [0.5, 0.6) is 0 Å². The molecule has 0 spiro atoms. The lowest BCUT2D eigenvalue weighted by Gasteiger charge is -2.46. The first-order valence-corrected chi connectivity index (χ1v) is 15.5. The second-order valence-electron chi connectivity index (χ2n) is 10.4. The Morgan fingerprint density at radius 1 is 0.846 bits per heavy atom. The molecule has 3 aliphatic heterocycles. The summed E-state index contributed by atoms with van der Waals surface area (Å²) in [6.07, 6.45) is 3.46. The zero-order valence-electron chi connectivity index (χ0n) is 21.5. The molecule has 10 heteroatoms. The highest BCUT2D eigenvalue weighted by Gasteiger charge is 2.45. The van der Waals surface area contributed by atoms with E-state index in [0.717, 1.165) is 35.9 Å². The van der Waals surface area contributed by atoms with Gasteiger partial charge in [-0.1, -0.05) is 78.2 Å². The van der Waals surface area contributed by atoms with Crippen LogP contribution in [0.15, 0.2) is 71.6 Å². The lowest BCUT2D eigenvalue weighted by Crippen LogP contribution is -2.56. The Morgan fingerprint density at radius 2 is 1.59 bits per heavy atom. The Labute approximate surface area is 239 Å². The molecule has 204 valence electrons. The zero-order chi connectivity index (χ0) is 27.1. The van der Waals surface area contributed by atoms with E-state index in [1.165, 1.54) is 17.7 Å². The van der Waals surface area contributed by atoms with Gasteiger partial charge >= 0.3 is 6.03 Å². The van der Waals surface area contributed by atoms with E-state index in [4.69, 9.17) is 23.2 Å². The Morgan fingerprint density at radius 3 is 2.38 bits per heavy atom. The van der Waals surface area contributed by atoms with E-state index in [1.54, 1.807) is 36.4 Å². The number of carbonyl (C=O) groups is 1. The molecule has 2 fully saturated rings. The predicted molar refractivity (Wildman–Crippen MR) is 155 cm³/mol. The molecular formula is C29H30Cl2N4O3S. The minimum Gasteiger partial charge on any atom is -0.367 e. The molecule has 0 aromatic heterocycles. The van der Waals surface area contributed by atoms with Crippen LogP contribution >= 0.6 is 23.2 Å². The zero-order valence-corrected chi connectivity index (χ0v) is 23.8. The summed E-state index contributed by atoms with van der Waals surface area (Å²) in [6.45, 7) is 3.40. The molecule has 3 aliphatic rings. The molecule has 3 aromatic rings. The van der Waals surface area contributed by atoms with E-state index in [9.17, 15) is 13.2 Å². The average molecular weight is 586 g/mol. The van der Waals surface area contributed by atoms with Crippen LogP contribution in [0.4, 0.5) is 16.2 Å². The van der Waals surface area contributed by atoms with Crippen LogP contribution in [0.3, 0.4) is 0 Å². The monoisotopic (exact) mass is 584 g/mol. The third-order valence-electron chi connectivity index (χ3n) is 7.93. The van der Waals surface area contributed by atoms with Crippen LogP contribution in [0.25, 0.3) is 0 Å². The number of urea groups is 1. The summed E-state index contributed by atoms with van der Waals surface area (Å²) in [5.74, 6) is 0. The van der Waals surface area contributed by atoms with Crippen LogP contribution in [0, 0.1) is 0 Å². The molecule has 0 aliphatic carbocycles. The highest BCUT2D eigenvalue weighted by molar-refractivity contribution is 7.90. The van der Waals surface area contributed by atoms with Crippen molar-refractivity contribution in [2.75, 3.05) is 36.0 Å². The lowest BCUT2D eigenvalue weighted by atomic mass is 9.99. The maximum absolute atomic E-state index is 14.3. The van der Waals surface area contributed by atoms with Gasteiger partial charge in [0.25, 0.3) is 10.0 Å². The third kappa shape index (κ3) is 4.99. The molecule has 3 heterocycles. The lowest BCUT2D eigenvalue weighted by molar-refractivity contribution is 0.133. The van der Waals surface area contributed by atoms with Crippen molar-refractivity contribution in [3.05, 3.63) is 87.9 Å². The molecule has 0 saturated carbocycles. The van der Waals surface area contributed by atoms with Gasteiger partial charge in [-0.25, -0.2) is 17.5 Å². The summed E-state index contributed by atoms with van der Waals surface area (Å²) in [5.41, 5.74) is 2.31. The van der Waals surface area contributed by atoms with Crippen LogP contribution < -0.4 is 9.80 Å². The fourth-order valence-corrected chi connectivity index (χ4v) is 8.06. The number of hydrogen-bond donors (Lipinski definition) is 0. The summed E-state index contributed by atoms with van der Waals surface area (Å²) >= 11 is 13.0. The van der Waals surface area contributed by atoms with E-state index >= 15 is 0 Å². The van der Waals surface area contributed by atoms with E-state index < -0.39 is 16.1 Å². The van der Waals surface area contributed by atoms with Crippen molar-refractivity contribution in [1.82, 2.24) is 9.21 Å². The van der Waals surface area contributed by atoms with Crippen molar-refractivity contribution < 1.29 is 13.2 Å². The van der Waals surface area contributed by atoms with Gasteiger partial charge in [-0.3, -0.25) is 9.80 Å².